The molecule has 0 saturated carbocycles. The van der Waals surface area contributed by atoms with Gasteiger partial charge in [-0.1, -0.05) is 39.3 Å². The molecule has 0 radical (unpaired) electrons. The number of nitrogens with two attached hydrogens (primary N) is 1. The summed E-state index contributed by atoms with van der Waals surface area (Å²) in [7, 11) is 0. The summed E-state index contributed by atoms with van der Waals surface area (Å²) in [5.74, 6) is 0.374. The van der Waals surface area contributed by atoms with Gasteiger partial charge in [-0.05, 0) is 24.5 Å². The average molecular weight is 365 g/mol. The van der Waals surface area contributed by atoms with Gasteiger partial charge in [-0.3, -0.25) is 9.59 Å². The van der Waals surface area contributed by atoms with Crippen LogP contribution in [0.25, 0.3) is 11.4 Å². The normalized spacial score (nSPS) is 12.8. The fraction of sp³-hybridized carbons (Fsp3) is 0.389. The lowest BCUT2D eigenvalue weighted by Gasteiger charge is -2.18. The Kier molecular flexibility index (Phi) is 7.80. The maximum atomic E-state index is 12.2. The van der Waals surface area contributed by atoms with Crippen molar-refractivity contribution in [3.63, 3.8) is 0 Å². The van der Waals surface area contributed by atoms with Crippen LogP contribution in [0, 0.1) is 5.92 Å². The molecule has 2 aromatic rings. The molecule has 136 valence electrons. The second-order valence-corrected chi connectivity index (χ2v) is 5.92. The average Bonchev–Trinajstić information content (AvgIpc) is 2.59. The summed E-state index contributed by atoms with van der Waals surface area (Å²) in [4.78, 5) is 31.1. The maximum absolute atomic E-state index is 12.2. The first-order chi connectivity index (χ1) is 11.4. The maximum Gasteiger partial charge on any atom is 0.251 e. The number of amides is 1. The van der Waals surface area contributed by atoms with Crippen molar-refractivity contribution in [3.05, 3.63) is 46.4 Å². The third kappa shape index (κ3) is 5.41. The van der Waals surface area contributed by atoms with Crippen LogP contribution in [-0.4, -0.2) is 21.9 Å². The molecule has 2 atom stereocenters. The monoisotopic (exact) mass is 364 g/mol. The number of benzene rings is 1. The molecule has 0 fully saturated rings. The predicted molar refractivity (Wildman–Crippen MR) is 103 cm³/mol. The summed E-state index contributed by atoms with van der Waals surface area (Å²) in [6.07, 6.45) is 1.51. The van der Waals surface area contributed by atoms with E-state index in [2.05, 4.69) is 15.3 Å². The van der Waals surface area contributed by atoms with Crippen LogP contribution in [0.1, 0.15) is 32.9 Å². The minimum atomic E-state index is -0.556. The number of aryl methyl sites for hydroxylation is 1. The van der Waals surface area contributed by atoms with Gasteiger partial charge in [-0.2, -0.15) is 0 Å². The zero-order valence-electron chi connectivity index (χ0n) is 14.7. The molecular weight excluding hydrogens is 340 g/mol. The topological polar surface area (TPSA) is 101 Å². The molecular formula is C18H25ClN4O2. The first-order valence-corrected chi connectivity index (χ1v) is 8.21. The van der Waals surface area contributed by atoms with Crippen LogP contribution in [0.5, 0.6) is 0 Å². The van der Waals surface area contributed by atoms with Crippen LogP contribution in [0.2, 0.25) is 0 Å². The highest BCUT2D eigenvalue weighted by atomic mass is 35.5. The first-order valence-electron chi connectivity index (χ1n) is 8.21. The Morgan fingerprint density at radius 2 is 2.04 bits per heavy atom. The number of anilines is 1. The summed E-state index contributed by atoms with van der Waals surface area (Å²) in [6, 6.07) is 8.13. The summed E-state index contributed by atoms with van der Waals surface area (Å²) in [6.45, 7) is 5.89. The Hall–Kier alpha value is -2.18. The molecule has 0 aliphatic rings. The number of hydrogen-bond donors (Lipinski definition) is 3. The highest BCUT2D eigenvalue weighted by molar-refractivity contribution is 5.95. The molecule has 4 N–H and O–H groups in total. The van der Waals surface area contributed by atoms with Gasteiger partial charge in [0.25, 0.3) is 5.56 Å². The zero-order chi connectivity index (χ0) is 17.7. The van der Waals surface area contributed by atoms with Crippen LogP contribution in [0.3, 0.4) is 0 Å². The van der Waals surface area contributed by atoms with Crippen LogP contribution >= 0.6 is 12.4 Å². The minimum absolute atomic E-state index is 0. The van der Waals surface area contributed by atoms with E-state index in [0.717, 1.165) is 17.7 Å². The van der Waals surface area contributed by atoms with Crippen molar-refractivity contribution in [2.75, 3.05) is 5.32 Å². The number of carbonyl (C=O) groups excluding carboxylic acids is 1. The predicted octanol–water partition coefficient (Wildman–Crippen LogP) is 2.73. The fourth-order valence-corrected chi connectivity index (χ4v) is 2.31. The van der Waals surface area contributed by atoms with Crippen molar-refractivity contribution < 1.29 is 4.79 Å². The lowest BCUT2D eigenvalue weighted by atomic mass is 9.99. The third-order valence-corrected chi connectivity index (χ3v) is 4.12. The van der Waals surface area contributed by atoms with E-state index in [1.807, 2.05) is 26.8 Å². The molecule has 1 aromatic heterocycles. The van der Waals surface area contributed by atoms with Gasteiger partial charge in [-0.25, -0.2) is 4.98 Å². The molecule has 0 saturated heterocycles. The van der Waals surface area contributed by atoms with E-state index in [1.165, 1.54) is 6.07 Å². The van der Waals surface area contributed by atoms with E-state index in [4.69, 9.17) is 5.73 Å². The molecule has 0 aliphatic carbocycles. The van der Waals surface area contributed by atoms with Gasteiger partial charge in [-0.15, -0.1) is 12.4 Å². The molecule has 1 heterocycles. The summed E-state index contributed by atoms with van der Waals surface area (Å²) in [5.41, 5.74) is 7.85. The van der Waals surface area contributed by atoms with Crippen molar-refractivity contribution in [2.45, 2.75) is 39.7 Å². The zero-order valence-corrected chi connectivity index (χ0v) is 15.5. The Morgan fingerprint density at radius 1 is 1.32 bits per heavy atom. The molecule has 7 heteroatoms. The van der Waals surface area contributed by atoms with E-state index in [0.29, 0.717) is 17.9 Å². The standard InChI is InChI=1S/C18H24N4O2.ClH/c1-4-11(3)16(19)18(24)21-14-8-6-7-12(9-14)17-20-13(5-2)10-15(23)22-17;/h6-11,16H,4-5,19H2,1-3H3,(H,21,24)(H,20,22,23);1H. The van der Waals surface area contributed by atoms with Gasteiger partial charge < -0.3 is 16.0 Å². The molecule has 1 aromatic carbocycles. The third-order valence-electron chi connectivity index (χ3n) is 4.12. The van der Waals surface area contributed by atoms with E-state index in [9.17, 15) is 9.59 Å². The van der Waals surface area contributed by atoms with Gasteiger partial charge >= 0.3 is 0 Å². The van der Waals surface area contributed by atoms with E-state index in [1.54, 1.807) is 18.2 Å². The van der Waals surface area contributed by atoms with E-state index >= 15 is 0 Å². The van der Waals surface area contributed by atoms with Crippen molar-refractivity contribution in [1.29, 1.82) is 0 Å². The van der Waals surface area contributed by atoms with Gasteiger partial charge in [0.15, 0.2) is 0 Å². The lowest BCUT2D eigenvalue weighted by molar-refractivity contribution is -0.118. The van der Waals surface area contributed by atoms with Gasteiger partial charge in [0.2, 0.25) is 5.91 Å². The first kappa shape index (κ1) is 20.9. The van der Waals surface area contributed by atoms with Crippen LogP contribution < -0.4 is 16.6 Å². The Bertz CT molecular complexity index is 776. The summed E-state index contributed by atoms with van der Waals surface area (Å²) >= 11 is 0. The summed E-state index contributed by atoms with van der Waals surface area (Å²) < 4.78 is 0. The van der Waals surface area contributed by atoms with E-state index in [-0.39, 0.29) is 29.8 Å². The number of hydrogen-bond acceptors (Lipinski definition) is 4. The highest BCUT2D eigenvalue weighted by Gasteiger charge is 2.19. The number of H-pyrrole nitrogens is 1. The van der Waals surface area contributed by atoms with Crippen molar-refractivity contribution in [1.82, 2.24) is 9.97 Å². The molecule has 0 spiro atoms. The van der Waals surface area contributed by atoms with E-state index < -0.39 is 6.04 Å². The quantitative estimate of drug-likeness (QED) is 0.733. The molecule has 25 heavy (non-hydrogen) atoms. The second kappa shape index (κ2) is 9.34. The Labute approximate surface area is 153 Å². The van der Waals surface area contributed by atoms with Crippen molar-refractivity contribution >= 4 is 24.0 Å². The van der Waals surface area contributed by atoms with Crippen LogP contribution in [0.15, 0.2) is 35.1 Å². The van der Waals surface area contributed by atoms with Crippen molar-refractivity contribution in [2.24, 2.45) is 11.7 Å². The molecule has 0 bridgehead atoms. The largest absolute Gasteiger partial charge is 0.325 e. The van der Waals surface area contributed by atoms with Gasteiger partial charge in [0, 0.05) is 23.0 Å². The minimum Gasteiger partial charge on any atom is -0.325 e. The fourth-order valence-electron chi connectivity index (χ4n) is 2.31. The molecule has 2 unspecified atom stereocenters. The molecule has 0 aliphatic heterocycles. The number of aromatic amines is 1. The number of halogens is 1. The Morgan fingerprint density at radius 3 is 2.68 bits per heavy atom. The number of rotatable bonds is 6. The number of aromatic nitrogens is 2. The number of carbonyl (C=O) groups is 1. The van der Waals surface area contributed by atoms with Gasteiger partial charge in [0.05, 0.1) is 6.04 Å². The molecule has 1 amide bonds. The smallest absolute Gasteiger partial charge is 0.251 e. The molecule has 6 nitrogen and oxygen atoms in total. The second-order valence-electron chi connectivity index (χ2n) is 5.92. The number of nitrogens with zero attached hydrogens (tertiary/aromatic N) is 1. The highest BCUT2D eigenvalue weighted by Crippen LogP contribution is 2.19. The van der Waals surface area contributed by atoms with Crippen molar-refractivity contribution in [3.8, 4) is 11.4 Å². The van der Waals surface area contributed by atoms with Crippen LogP contribution in [-0.2, 0) is 11.2 Å². The van der Waals surface area contributed by atoms with Crippen LogP contribution in [0.4, 0.5) is 5.69 Å². The number of nitrogens with one attached hydrogen (secondary N) is 2. The van der Waals surface area contributed by atoms with Gasteiger partial charge in [0.1, 0.15) is 5.82 Å². The Balaban J connectivity index is 0.00000312. The SMILES string of the molecule is CCc1cc(=O)[nH]c(-c2cccc(NC(=O)C(N)C(C)CC)c2)n1.Cl. The lowest BCUT2D eigenvalue weighted by Crippen LogP contribution is -2.40. The summed E-state index contributed by atoms with van der Waals surface area (Å²) in [5, 5.41) is 2.83. The molecule has 2 rings (SSSR count).